The third kappa shape index (κ3) is 3.61. The lowest BCUT2D eigenvalue weighted by molar-refractivity contribution is 0.419. The summed E-state index contributed by atoms with van der Waals surface area (Å²) in [5.41, 5.74) is 5.47. The number of rotatable bonds is 6. The standard InChI is InChI=1S/C22H30/c1-5-7-14-22(15-8-6-2)16-10-9-11-19(4)20-13-12-18(3)17-21(20)22/h9-13,16-17H,4-8,14-15H2,1-3H3/b11-9-,16-10-. The Balaban J connectivity index is 2.59. The number of aryl methyl sites for hydroxylation is 1. The second kappa shape index (κ2) is 7.63. The van der Waals surface area contributed by atoms with Gasteiger partial charge in [-0.25, -0.2) is 0 Å². The molecule has 0 atom stereocenters. The Morgan fingerprint density at radius 3 is 2.32 bits per heavy atom. The van der Waals surface area contributed by atoms with Gasteiger partial charge in [0.1, 0.15) is 0 Å². The molecule has 2 rings (SSSR count). The van der Waals surface area contributed by atoms with Gasteiger partial charge in [-0.1, -0.05) is 94.2 Å². The molecule has 0 saturated heterocycles. The van der Waals surface area contributed by atoms with E-state index < -0.39 is 0 Å². The first kappa shape index (κ1) is 16.8. The van der Waals surface area contributed by atoms with Crippen LogP contribution in [0.3, 0.4) is 0 Å². The summed E-state index contributed by atoms with van der Waals surface area (Å²) in [6.07, 6.45) is 16.5. The van der Waals surface area contributed by atoms with Gasteiger partial charge in [0.25, 0.3) is 0 Å². The lowest BCUT2D eigenvalue weighted by Crippen LogP contribution is -2.26. The van der Waals surface area contributed by atoms with Gasteiger partial charge < -0.3 is 0 Å². The molecule has 1 aromatic rings. The maximum Gasteiger partial charge on any atom is 0.0141 e. The van der Waals surface area contributed by atoms with Crippen molar-refractivity contribution in [2.24, 2.45) is 0 Å². The van der Waals surface area contributed by atoms with Crippen molar-refractivity contribution >= 4 is 5.57 Å². The van der Waals surface area contributed by atoms with E-state index in [0.717, 1.165) is 5.57 Å². The molecule has 0 bridgehead atoms. The molecule has 0 heteroatoms. The summed E-state index contributed by atoms with van der Waals surface area (Å²) in [6.45, 7) is 11.1. The zero-order valence-electron chi connectivity index (χ0n) is 14.5. The topological polar surface area (TPSA) is 0 Å². The van der Waals surface area contributed by atoms with E-state index in [1.54, 1.807) is 0 Å². The van der Waals surface area contributed by atoms with Crippen LogP contribution >= 0.6 is 0 Å². The summed E-state index contributed by atoms with van der Waals surface area (Å²) >= 11 is 0. The number of benzene rings is 1. The van der Waals surface area contributed by atoms with Gasteiger partial charge in [-0.3, -0.25) is 0 Å². The molecule has 118 valence electrons. The highest BCUT2D eigenvalue weighted by Gasteiger charge is 2.31. The molecule has 0 saturated carbocycles. The predicted octanol–water partition coefficient (Wildman–Crippen LogP) is 6.75. The third-order valence-corrected chi connectivity index (χ3v) is 4.83. The Morgan fingerprint density at radius 2 is 1.68 bits per heavy atom. The predicted molar refractivity (Wildman–Crippen MR) is 99.2 cm³/mol. The largest absolute Gasteiger partial charge is 0.0911 e. The molecule has 0 spiro atoms. The van der Waals surface area contributed by atoms with E-state index in [4.69, 9.17) is 0 Å². The first-order chi connectivity index (χ1) is 10.6. The van der Waals surface area contributed by atoms with Crippen molar-refractivity contribution in [3.63, 3.8) is 0 Å². The van der Waals surface area contributed by atoms with Crippen LogP contribution in [0.1, 0.15) is 69.1 Å². The fraction of sp³-hybridized carbons (Fsp3) is 0.455. The molecular formula is C22H30. The molecule has 0 amide bonds. The fourth-order valence-corrected chi connectivity index (χ4v) is 3.49. The van der Waals surface area contributed by atoms with Gasteiger partial charge in [-0.2, -0.15) is 0 Å². The van der Waals surface area contributed by atoms with Crippen LogP contribution in [0, 0.1) is 6.92 Å². The summed E-state index contributed by atoms with van der Waals surface area (Å²) in [4.78, 5) is 0. The summed E-state index contributed by atoms with van der Waals surface area (Å²) in [5.74, 6) is 0. The minimum Gasteiger partial charge on any atom is -0.0911 e. The van der Waals surface area contributed by atoms with Crippen molar-refractivity contribution in [1.29, 1.82) is 0 Å². The van der Waals surface area contributed by atoms with Crippen LogP contribution in [0.2, 0.25) is 0 Å². The zero-order chi connectivity index (χ0) is 16.0. The molecule has 22 heavy (non-hydrogen) atoms. The minimum absolute atomic E-state index is 0.168. The number of hydrogen-bond donors (Lipinski definition) is 0. The van der Waals surface area contributed by atoms with Gasteiger partial charge in [0, 0.05) is 5.41 Å². The van der Waals surface area contributed by atoms with Crippen LogP contribution in [0.5, 0.6) is 0 Å². The van der Waals surface area contributed by atoms with Crippen molar-refractivity contribution < 1.29 is 0 Å². The van der Waals surface area contributed by atoms with E-state index in [1.165, 1.54) is 55.2 Å². The Labute approximate surface area is 136 Å². The average molecular weight is 294 g/mol. The lowest BCUT2D eigenvalue weighted by Gasteiger charge is -2.35. The zero-order valence-corrected chi connectivity index (χ0v) is 14.5. The van der Waals surface area contributed by atoms with Crippen LogP contribution in [-0.4, -0.2) is 0 Å². The highest BCUT2D eigenvalue weighted by molar-refractivity contribution is 5.76. The fourth-order valence-electron chi connectivity index (χ4n) is 3.49. The van der Waals surface area contributed by atoms with Crippen molar-refractivity contribution in [1.82, 2.24) is 0 Å². The summed E-state index contributed by atoms with van der Waals surface area (Å²) in [5, 5.41) is 0. The maximum absolute atomic E-state index is 4.29. The third-order valence-electron chi connectivity index (χ3n) is 4.83. The van der Waals surface area contributed by atoms with Crippen LogP contribution in [0.25, 0.3) is 5.57 Å². The van der Waals surface area contributed by atoms with Crippen LogP contribution in [0.4, 0.5) is 0 Å². The second-order valence-corrected chi connectivity index (χ2v) is 6.66. The van der Waals surface area contributed by atoms with Gasteiger partial charge in [0.05, 0.1) is 0 Å². The van der Waals surface area contributed by atoms with Gasteiger partial charge in [0.15, 0.2) is 0 Å². The molecule has 0 N–H and O–H groups in total. The van der Waals surface area contributed by atoms with Crippen LogP contribution in [0.15, 0.2) is 49.1 Å². The Kier molecular flexibility index (Phi) is 5.83. The van der Waals surface area contributed by atoms with Gasteiger partial charge in [0.2, 0.25) is 0 Å². The van der Waals surface area contributed by atoms with E-state index in [1.807, 2.05) is 0 Å². The van der Waals surface area contributed by atoms with E-state index in [0.29, 0.717) is 0 Å². The molecule has 1 aliphatic carbocycles. The van der Waals surface area contributed by atoms with Crippen molar-refractivity contribution in [3.05, 3.63) is 65.8 Å². The quantitative estimate of drug-likeness (QED) is 0.544. The van der Waals surface area contributed by atoms with E-state index in [9.17, 15) is 0 Å². The molecule has 0 unspecified atom stereocenters. The SMILES string of the molecule is C=C1/C=C\C=C/C(CCCC)(CCCC)c2cc(C)ccc21. The number of hydrogen-bond acceptors (Lipinski definition) is 0. The number of unbranched alkanes of at least 4 members (excludes halogenated alkanes) is 2. The minimum atomic E-state index is 0.168. The highest BCUT2D eigenvalue weighted by Crippen LogP contribution is 2.42. The average Bonchev–Trinajstić information content (AvgIpc) is 2.52. The Morgan fingerprint density at radius 1 is 1.00 bits per heavy atom. The van der Waals surface area contributed by atoms with Gasteiger partial charge >= 0.3 is 0 Å². The molecule has 0 radical (unpaired) electrons. The van der Waals surface area contributed by atoms with Crippen molar-refractivity contribution in [3.8, 4) is 0 Å². The molecule has 0 fully saturated rings. The second-order valence-electron chi connectivity index (χ2n) is 6.66. The molecule has 0 nitrogen and oxygen atoms in total. The summed E-state index contributed by atoms with van der Waals surface area (Å²) in [6, 6.07) is 6.88. The lowest BCUT2D eigenvalue weighted by atomic mass is 9.69. The molecule has 1 aromatic carbocycles. The Hall–Kier alpha value is -1.56. The van der Waals surface area contributed by atoms with E-state index in [-0.39, 0.29) is 5.41 Å². The van der Waals surface area contributed by atoms with Crippen molar-refractivity contribution in [2.75, 3.05) is 0 Å². The monoisotopic (exact) mass is 294 g/mol. The summed E-state index contributed by atoms with van der Waals surface area (Å²) < 4.78 is 0. The first-order valence-electron chi connectivity index (χ1n) is 8.79. The molecule has 0 aromatic heterocycles. The number of fused-ring (bicyclic) bond motifs is 1. The van der Waals surface area contributed by atoms with Gasteiger partial charge in [-0.05, 0) is 36.5 Å². The first-order valence-corrected chi connectivity index (χ1v) is 8.79. The molecular weight excluding hydrogens is 264 g/mol. The van der Waals surface area contributed by atoms with E-state index >= 15 is 0 Å². The number of allylic oxidation sites excluding steroid dienone is 5. The molecule has 1 aliphatic rings. The molecule has 0 aliphatic heterocycles. The summed E-state index contributed by atoms with van der Waals surface area (Å²) in [7, 11) is 0. The van der Waals surface area contributed by atoms with Crippen LogP contribution in [-0.2, 0) is 5.41 Å². The van der Waals surface area contributed by atoms with Crippen molar-refractivity contribution in [2.45, 2.75) is 64.7 Å². The smallest absolute Gasteiger partial charge is 0.0141 e. The molecule has 0 heterocycles. The maximum atomic E-state index is 4.29. The van der Waals surface area contributed by atoms with Gasteiger partial charge in [-0.15, -0.1) is 0 Å². The normalized spacial score (nSPS) is 19.1. The Bertz CT molecular complexity index is 564. The van der Waals surface area contributed by atoms with Crippen LogP contribution < -0.4 is 0 Å². The highest BCUT2D eigenvalue weighted by atomic mass is 14.3. The van der Waals surface area contributed by atoms with E-state index in [2.05, 4.69) is 69.9 Å².